The highest BCUT2D eigenvalue weighted by Crippen LogP contribution is 2.27. The quantitative estimate of drug-likeness (QED) is 0.680. The third-order valence-corrected chi connectivity index (χ3v) is 3.18. The van der Waals surface area contributed by atoms with Gasteiger partial charge in [-0.2, -0.15) is 0 Å². The van der Waals surface area contributed by atoms with Crippen molar-refractivity contribution >= 4 is 24.0 Å². The fourth-order valence-electron chi connectivity index (χ4n) is 1.87. The molecule has 1 aromatic carbocycles. The Balaban J connectivity index is 2.57. The van der Waals surface area contributed by atoms with Crippen LogP contribution in [0.2, 0.25) is 5.02 Å². The van der Waals surface area contributed by atoms with E-state index in [2.05, 4.69) is 10.3 Å². The van der Waals surface area contributed by atoms with Gasteiger partial charge in [0.25, 0.3) is 0 Å². The van der Waals surface area contributed by atoms with E-state index in [-0.39, 0.29) is 12.1 Å². The van der Waals surface area contributed by atoms with E-state index in [1.54, 1.807) is 0 Å². The van der Waals surface area contributed by atoms with Gasteiger partial charge in [-0.05, 0) is 6.07 Å². The molecule has 6 heteroatoms. The standard InChI is InChI=1S/C15H13ClN2O3/c1-21-15(20)11-7-12(16)13(8-17-9-19)18-14(11)10-5-3-2-4-6-10/h2-7,9H,8H2,1H3,(H,17,19). The molecule has 21 heavy (non-hydrogen) atoms. The number of pyridine rings is 1. The molecule has 1 aromatic heterocycles. The molecule has 108 valence electrons. The molecule has 0 unspecified atom stereocenters. The Hall–Kier alpha value is -2.40. The molecule has 0 saturated heterocycles. The van der Waals surface area contributed by atoms with E-state index < -0.39 is 5.97 Å². The number of hydrogen-bond donors (Lipinski definition) is 1. The van der Waals surface area contributed by atoms with Gasteiger partial charge >= 0.3 is 5.97 Å². The van der Waals surface area contributed by atoms with Crippen molar-refractivity contribution < 1.29 is 14.3 Å². The number of hydrogen-bond acceptors (Lipinski definition) is 4. The minimum absolute atomic E-state index is 0.184. The van der Waals surface area contributed by atoms with Gasteiger partial charge in [0, 0.05) is 5.56 Å². The summed E-state index contributed by atoms with van der Waals surface area (Å²) in [7, 11) is 1.30. The van der Waals surface area contributed by atoms with Crippen LogP contribution in [0.4, 0.5) is 0 Å². The second-order valence-electron chi connectivity index (χ2n) is 4.17. The number of nitrogens with one attached hydrogen (secondary N) is 1. The van der Waals surface area contributed by atoms with E-state index in [1.165, 1.54) is 13.2 Å². The van der Waals surface area contributed by atoms with Crippen molar-refractivity contribution in [3.05, 3.63) is 52.7 Å². The third-order valence-electron chi connectivity index (χ3n) is 2.85. The minimum Gasteiger partial charge on any atom is -0.465 e. The highest BCUT2D eigenvalue weighted by Gasteiger charge is 2.18. The van der Waals surface area contributed by atoms with Crippen LogP contribution < -0.4 is 5.32 Å². The monoisotopic (exact) mass is 304 g/mol. The molecule has 1 amide bonds. The summed E-state index contributed by atoms with van der Waals surface area (Å²) in [5.41, 5.74) is 2.00. The van der Waals surface area contributed by atoms with Crippen molar-refractivity contribution in [3.63, 3.8) is 0 Å². The molecule has 0 aliphatic heterocycles. The van der Waals surface area contributed by atoms with Gasteiger partial charge in [-0.25, -0.2) is 9.78 Å². The second kappa shape index (κ2) is 6.85. The van der Waals surface area contributed by atoms with Crippen LogP contribution in [0.25, 0.3) is 11.3 Å². The van der Waals surface area contributed by atoms with E-state index in [4.69, 9.17) is 16.3 Å². The van der Waals surface area contributed by atoms with Crippen molar-refractivity contribution in [1.29, 1.82) is 0 Å². The van der Waals surface area contributed by atoms with Crippen LogP contribution >= 0.6 is 11.6 Å². The minimum atomic E-state index is -0.516. The van der Waals surface area contributed by atoms with Crippen LogP contribution in [0.15, 0.2) is 36.4 Å². The lowest BCUT2D eigenvalue weighted by Gasteiger charge is -2.11. The molecule has 0 saturated carbocycles. The number of benzene rings is 1. The lowest BCUT2D eigenvalue weighted by molar-refractivity contribution is -0.109. The van der Waals surface area contributed by atoms with Gasteiger partial charge < -0.3 is 10.1 Å². The second-order valence-corrected chi connectivity index (χ2v) is 4.58. The van der Waals surface area contributed by atoms with Gasteiger partial charge in [-0.3, -0.25) is 4.79 Å². The Kier molecular flexibility index (Phi) is 4.90. The fourth-order valence-corrected chi connectivity index (χ4v) is 2.09. The van der Waals surface area contributed by atoms with Gasteiger partial charge in [0.05, 0.1) is 35.6 Å². The number of carbonyl (C=O) groups is 2. The number of ether oxygens (including phenoxy) is 1. The third kappa shape index (κ3) is 3.38. The molecule has 0 spiro atoms. The van der Waals surface area contributed by atoms with Crippen molar-refractivity contribution in [2.75, 3.05) is 7.11 Å². The van der Waals surface area contributed by atoms with Crippen LogP contribution in [0.5, 0.6) is 0 Å². The van der Waals surface area contributed by atoms with Crippen molar-refractivity contribution in [2.45, 2.75) is 6.54 Å². The van der Waals surface area contributed by atoms with E-state index >= 15 is 0 Å². The molecule has 0 aliphatic carbocycles. The highest BCUT2D eigenvalue weighted by molar-refractivity contribution is 6.31. The Morgan fingerprint density at radius 1 is 1.38 bits per heavy atom. The molecule has 0 aliphatic rings. The van der Waals surface area contributed by atoms with Crippen LogP contribution in [0.3, 0.4) is 0 Å². The zero-order valence-electron chi connectivity index (χ0n) is 11.3. The lowest BCUT2D eigenvalue weighted by atomic mass is 10.1. The Labute approximate surface area is 126 Å². The molecule has 2 rings (SSSR count). The smallest absolute Gasteiger partial charge is 0.340 e. The molecule has 1 N–H and O–H groups in total. The number of methoxy groups -OCH3 is 1. The Morgan fingerprint density at radius 2 is 2.10 bits per heavy atom. The first kappa shape index (κ1) is 15.0. The molecular formula is C15H13ClN2O3. The first-order valence-corrected chi connectivity index (χ1v) is 6.55. The molecule has 0 fully saturated rings. The SMILES string of the molecule is COC(=O)c1cc(Cl)c(CNC=O)nc1-c1ccccc1. The molecular weight excluding hydrogens is 292 g/mol. The largest absolute Gasteiger partial charge is 0.465 e. The maximum absolute atomic E-state index is 11.9. The molecule has 1 heterocycles. The van der Waals surface area contributed by atoms with Crippen LogP contribution in [-0.4, -0.2) is 24.5 Å². The number of carbonyl (C=O) groups excluding carboxylic acids is 2. The lowest BCUT2D eigenvalue weighted by Crippen LogP contribution is -2.14. The first-order valence-electron chi connectivity index (χ1n) is 6.17. The van der Waals surface area contributed by atoms with Crippen molar-refractivity contribution in [3.8, 4) is 11.3 Å². The zero-order valence-corrected chi connectivity index (χ0v) is 12.1. The predicted octanol–water partition coefficient (Wildman–Crippen LogP) is 2.43. The van der Waals surface area contributed by atoms with E-state index in [0.29, 0.717) is 22.8 Å². The zero-order chi connectivity index (χ0) is 15.2. The highest BCUT2D eigenvalue weighted by atomic mass is 35.5. The topological polar surface area (TPSA) is 68.3 Å². The Morgan fingerprint density at radius 3 is 2.71 bits per heavy atom. The maximum atomic E-state index is 11.9. The summed E-state index contributed by atoms with van der Waals surface area (Å²) in [6, 6.07) is 10.7. The van der Waals surface area contributed by atoms with E-state index in [1.807, 2.05) is 30.3 Å². The number of nitrogens with zero attached hydrogens (tertiary/aromatic N) is 1. The van der Waals surface area contributed by atoms with Gasteiger partial charge in [0.1, 0.15) is 0 Å². The van der Waals surface area contributed by atoms with Gasteiger partial charge in [0.2, 0.25) is 6.41 Å². The summed E-state index contributed by atoms with van der Waals surface area (Å²) in [4.78, 5) is 26.7. The normalized spacial score (nSPS) is 10.0. The summed E-state index contributed by atoms with van der Waals surface area (Å²) in [6.45, 7) is 0.184. The summed E-state index contributed by atoms with van der Waals surface area (Å²) < 4.78 is 4.77. The fraction of sp³-hybridized carbons (Fsp3) is 0.133. The van der Waals surface area contributed by atoms with Crippen molar-refractivity contribution in [1.82, 2.24) is 10.3 Å². The van der Waals surface area contributed by atoms with Crippen LogP contribution in [0, 0.1) is 0 Å². The van der Waals surface area contributed by atoms with Gasteiger partial charge in [-0.1, -0.05) is 41.9 Å². The molecule has 0 bridgehead atoms. The molecule has 5 nitrogen and oxygen atoms in total. The van der Waals surface area contributed by atoms with Crippen LogP contribution in [0.1, 0.15) is 16.1 Å². The summed E-state index contributed by atoms with van der Waals surface area (Å²) in [5, 5.41) is 2.80. The van der Waals surface area contributed by atoms with Crippen LogP contribution in [-0.2, 0) is 16.1 Å². The molecule has 0 radical (unpaired) electrons. The number of halogens is 1. The van der Waals surface area contributed by atoms with E-state index in [0.717, 1.165) is 5.56 Å². The summed E-state index contributed by atoms with van der Waals surface area (Å²) >= 11 is 6.10. The summed E-state index contributed by atoms with van der Waals surface area (Å²) in [5.74, 6) is -0.516. The maximum Gasteiger partial charge on any atom is 0.340 e. The average Bonchev–Trinajstić information content (AvgIpc) is 2.53. The van der Waals surface area contributed by atoms with Gasteiger partial charge in [-0.15, -0.1) is 0 Å². The Bertz CT molecular complexity index is 659. The van der Waals surface area contributed by atoms with Gasteiger partial charge in [0.15, 0.2) is 0 Å². The first-order chi connectivity index (χ1) is 10.2. The van der Waals surface area contributed by atoms with Crippen molar-refractivity contribution in [2.24, 2.45) is 0 Å². The van der Waals surface area contributed by atoms with E-state index in [9.17, 15) is 9.59 Å². The molecule has 2 aromatic rings. The number of amides is 1. The average molecular weight is 305 g/mol. The summed E-state index contributed by atoms with van der Waals surface area (Å²) in [6.07, 6.45) is 0.564. The number of rotatable bonds is 5. The number of aromatic nitrogens is 1. The molecule has 0 atom stereocenters. The predicted molar refractivity (Wildman–Crippen MR) is 78.9 cm³/mol. The number of esters is 1.